The highest BCUT2D eigenvalue weighted by atomic mass is 16.4. The molecule has 0 radical (unpaired) electrons. The quantitative estimate of drug-likeness (QED) is 0.461. The normalized spacial score (nSPS) is 26.4. The minimum atomic E-state index is -0.602. The van der Waals surface area contributed by atoms with Crippen LogP contribution in [-0.4, -0.2) is 72.7 Å². The number of anilines is 1. The lowest BCUT2D eigenvalue weighted by Crippen LogP contribution is -2.46. The van der Waals surface area contributed by atoms with Gasteiger partial charge >= 0.3 is 5.97 Å². The van der Waals surface area contributed by atoms with Gasteiger partial charge in [0.25, 0.3) is 0 Å². The fourth-order valence-electron chi connectivity index (χ4n) is 8.30. The van der Waals surface area contributed by atoms with Crippen molar-refractivity contribution in [1.82, 2.24) is 9.80 Å². The molecule has 1 aliphatic carbocycles. The van der Waals surface area contributed by atoms with Gasteiger partial charge in [0.15, 0.2) is 0 Å². The number of benzene rings is 2. The number of para-hydroxylation sites is 1. The number of nitrogens with zero attached hydrogens (tertiary/aromatic N) is 3. The Labute approximate surface area is 235 Å². The van der Waals surface area contributed by atoms with E-state index in [1.807, 2.05) is 0 Å². The molecule has 0 bridgehead atoms. The maximum atomic E-state index is 12.5. The Balaban J connectivity index is 1.09. The molecule has 0 amide bonds. The predicted molar refractivity (Wildman–Crippen MR) is 158 cm³/mol. The molecule has 0 unspecified atom stereocenters. The second-order valence-electron chi connectivity index (χ2n) is 12.8. The van der Waals surface area contributed by atoms with Crippen LogP contribution in [0.1, 0.15) is 68.4 Å². The number of rotatable bonds is 8. The Bertz CT molecular complexity index is 1080. The number of piperidine rings is 1. The third-order valence-electron chi connectivity index (χ3n) is 10.3. The maximum absolute atomic E-state index is 12.5. The second-order valence-corrected chi connectivity index (χ2v) is 12.8. The van der Waals surface area contributed by atoms with Gasteiger partial charge in [-0.3, -0.25) is 9.69 Å². The summed E-state index contributed by atoms with van der Waals surface area (Å²) in [5.74, 6) is 1.37. The van der Waals surface area contributed by atoms with Crippen LogP contribution in [0.5, 0.6) is 0 Å². The molecule has 3 heterocycles. The van der Waals surface area contributed by atoms with E-state index in [2.05, 4.69) is 69.3 Å². The molecule has 0 spiro atoms. The molecule has 2 aromatic rings. The summed E-state index contributed by atoms with van der Waals surface area (Å²) in [6.45, 7) is 7.61. The van der Waals surface area contributed by atoms with Gasteiger partial charge in [-0.1, -0.05) is 67.8 Å². The second kappa shape index (κ2) is 12.4. The summed E-state index contributed by atoms with van der Waals surface area (Å²) in [5.41, 5.74) is 4.37. The molecule has 3 atom stereocenters. The largest absolute Gasteiger partial charge is 0.480 e. The zero-order valence-corrected chi connectivity index (χ0v) is 23.6. The number of carboxylic acids is 1. The molecule has 6 rings (SSSR count). The molecule has 3 aliphatic heterocycles. The van der Waals surface area contributed by atoms with E-state index in [-0.39, 0.29) is 6.04 Å². The van der Waals surface area contributed by atoms with Crippen LogP contribution in [0, 0.1) is 17.8 Å². The average Bonchev–Trinajstić information content (AvgIpc) is 3.38. The van der Waals surface area contributed by atoms with Gasteiger partial charge < -0.3 is 14.9 Å². The fraction of sp³-hybridized carbons (Fsp3) is 0.618. The Morgan fingerprint density at radius 2 is 1.56 bits per heavy atom. The van der Waals surface area contributed by atoms with Crippen LogP contribution in [0.2, 0.25) is 0 Å². The Hall–Kier alpha value is -2.37. The zero-order valence-electron chi connectivity index (χ0n) is 23.6. The van der Waals surface area contributed by atoms with Gasteiger partial charge in [0, 0.05) is 44.3 Å². The summed E-state index contributed by atoms with van der Waals surface area (Å²) < 4.78 is 0. The number of carbonyl (C=O) groups is 1. The minimum absolute atomic E-state index is 0.307. The van der Waals surface area contributed by atoms with Crippen LogP contribution in [0.4, 0.5) is 5.69 Å². The minimum Gasteiger partial charge on any atom is -0.480 e. The lowest BCUT2D eigenvalue weighted by atomic mass is 9.83. The van der Waals surface area contributed by atoms with Gasteiger partial charge in [0.05, 0.1) is 0 Å². The van der Waals surface area contributed by atoms with Gasteiger partial charge in [-0.25, -0.2) is 0 Å². The molecule has 5 heteroatoms. The number of aryl methyl sites for hydroxylation is 1. The van der Waals surface area contributed by atoms with Crippen molar-refractivity contribution in [3.05, 3.63) is 65.7 Å². The Morgan fingerprint density at radius 3 is 2.33 bits per heavy atom. The molecule has 1 N–H and O–H groups in total. The van der Waals surface area contributed by atoms with Crippen LogP contribution in [0.25, 0.3) is 0 Å². The Kier molecular flexibility index (Phi) is 8.55. The summed E-state index contributed by atoms with van der Waals surface area (Å²) >= 11 is 0. The van der Waals surface area contributed by atoms with E-state index in [1.54, 1.807) is 0 Å². The fourth-order valence-corrected chi connectivity index (χ4v) is 8.30. The first-order valence-corrected chi connectivity index (χ1v) is 15.7. The van der Waals surface area contributed by atoms with Crippen LogP contribution < -0.4 is 4.90 Å². The van der Waals surface area contributed by atoms with Gasteiger partial charge in [0.2, 0.25) is 0 Å². The number of fused-ring (bicyclic) bond motifs is 1. The summed E-state index contributed by atoms with van der Waals surface area (Å²) in [6.07, 6.45) is 10.8. The molecule has 5 nitrogen and oxygen atoms in total. The molecule has 2 aromatic carbocycles. The van der Waals surface area contributed by atoms with Crippen molar-refractivity contribution in [2.24, 2.45) is 17.8 Å². The molecule has 4 aliphatic rings. The molecule has 1 saturated carbocycles. The van der Waals surface area contributed by atoms with Crippen molar-refractivity contribution >= 4 is 11.7 Å². The number of likely N-dealkylation sites (tertiary alicyclic amines) is 2. The number of hydrogen-bond acceptors (Lipinski definition) is 4. The van der Waals surface area contributed by atoms with E-state index in [1.165, 1.54) is 87.9 Å². The van der Waals surface area contributed by atoms with E-state index >= 15 is 0 Å². The van der Waals surface area contributed by atoms with E-state index in [9.17, 15) is 9.90 Å². The SMILES string of the molecule is O=C(O)[C@@H](C1CCCCC1)N1C[C@H](CN2CCC(CN3CCCc4ccccc43)CC2)[C@@H](c2ccccc2)C1. The first-order valence-electron chi connectivity index (χ1n) is 15.7. The smallest absolute Gasteiger partial charge is 0.321 e. The van der Waals surface area contributed by atoms with Gasteiger partial charge in [-0.05, 0) is 86.6 Å². The predicted octanol–water partition coefficient (Wildman–Crippen LogP) is 5.90. The third-order valence-corrected chi connectivity index (χ3v) is 10.3. The van der Waals surface area contributed by atoms with Crippen molar-refractivity contribution in [2.45, 2.75) is 69.7 Å². The highest BCUT2D eigenvalue weighted by Crippen LogP contribution is 2.39. The van der Waals surface area contributed by atoms with Crippen molar-refractivity contribution in [3.63, 3.8) is 0 Å². The van der Waals surface area contributed by atoms with Gasteiger partial charge in [-0.2, -0.15) is 0 Å². The summed E-state index contributed by atoms with van der Waals surface area (Å²) in [4.78, 5) is 20.3. The van der Waals surface area contributed by atoms with E-state index in [0.29, 0.717) is 17.8 Å². The van der Waals surface area contributed by atoms with Crippen LogP contribution >= 0.6 is 0 Å². The summed E-state index contributed by atoms with van der Waals surface area (Å²) in [7, 11) is 0. The molecule has 0 aromatic heterocycles. The van der Waals surface area contributed by atoms with Crippen molar-refractivity contribution in [2.75, 3.05) is 50.7 Å². The highest BCUT2D eigenvalue weighted by molar-refractivity contribution is 5.74. The molecule has 3 fully saturated rings. The molecule has 2 saturated heterocycles. The zero-order chi connectivity index (χ0) is 26.6. The number of carboxylic acid groups (broad SMARTS) is 1. The summed E-state index contributed by atoms with van der Waals surface area (Å²) in [5, 5.41) is 10.3. The van der Waals surface area contributed by atoms with Crippen molar-refractivity contribution in [1.29, 1.82) is 0 Å². The lowest BCUT2D eigenvalue weighted by Gasteiger charge is -2.39. The summed E-state index contributed by atoms with van der Waals surface area (Å²) in [6, 6.07) is 19.6. The molecular weight excluding hydrogens is 482 g/mol. The van der Waals surface area contributed by atoms with E-state index < -0.39 is 5.97 Å². The molecule has 210 valence electrons. The van der Waals surface area contributed by atoms with E-state index in [4.69, 9.17) is 0 Å². The lowest BCUT2D eigenvalue weighted by molar-refractivity contribution is -0.145. The topological polar surface area (TPSA) is 47.0 Å². The third kappa shape index (κ3) is 6.20. The highest BCUT2D eigenvalue weighted by Gasteiger charge is 2.43. The van der Waals surface area contributed by atoms with Crippen LogP contribution in [0.15, 0.2) is 54.6 Å². The van der Waals surface area contributed by atoms with Crippen molar-refractivity contribution < 1.29 is 9.90 Å². The maximum Gasteiger partial charge on any atom is 0.321 e. The molecular formula is C34H47N3O2. The average molecular weight is 530 g/mol. The Morgan fingerprint density at radius 1 is 0.821 bits per heavy atom. The van der Waals surface area contributed by atoms with Gasteiger partial charge in [0.1, 0.15) is 6.04 Å². The standard InChI is InChI=1S/C34H47N3O2/c38-34(39)33(29-13-5-2-6-14-29)37-24-30(31(25-37)27-10-3-1-4-11-27)23-35-20-17-26(18-21-35)22-36-19-9-15-28-12-7-8-16-32(28)36/h1,3-4,7-8,10-12,16,26,29-31,33H,2,5-6,9,13-15,17-25H2,(H,38,39)/t30-,31+,33+/m0/s1. The van der Waals surface area contributed by atoms with Crippen LogP contribution in [-0.2, 0) is 11.2 Å². The van der Waals surface area contributed by atoms with Crippen molar-refractivity contribution in [3.8, 4) is 0 Å². The number of aliphatic carboxylic acids is 1. The van der Waals surface area contributed by atoms with Gasteiger partial charge in [-0.15, -0.1) is 0 Å². The monoisotopic (exact) mass is 529 g/mol. The number of hydrogen-bond donors (Lipinski definition) is 1. The van der Waals surface area contributed by atoms with E-state index in [0.717, 1.165) is 38.4 Å². The van der Waals surface area contributed by atoms with Crippen LogP contribution in [0.3, 0.4) is 0 Å². The first-order chi connectivity index (χ1) is 19.2. The first kappa shape index (κ1) is 26.8. The molecule has 39 heavy (non-hydrogen) atoms.